The van der Waals surface area contributed by atoms with Crippen molar-refractivity contribution in [2.45, 2.75) is 13.3 Å². The van der Waals surface area contributed by atoms with Crippen LogP contribution in [0, 0.1) is 17.8 Å². The Morgan fingerprint density at radius 1 is 1.62 bits per heavy atom. The molecule has 1 unspecified atom stereocenters. The number of hydrogen-bond acceptors (Lipinski definition) is 1. The van der Waals surface area contributed by atoms with Crippen molar-refractivity contribution in [2.75, 3.05) is 11.5 Å². The SMILES string of the molecule is CC#CC1CCSC1. The molecule has 1 atom stereocenters. The van der Waals surface area contributed by atoms with E-state index in [1.165, 1.54) is 17.9 Å². The molecule has 1 rings (SSSR count). The summed E-state index contributed by atoms with van der Waals surface area (Å²) in [5.74, 6) is 9.42. The average molecular weight is 126 g/mol. The summed E-state index contributed by atoms with van der Waals surface area (Å²) in [4.78, 5) is 0. The standard InChI is InChI=1S/C7H10S/c1-2-3-7-4-5-8-6-7/h7H,4-6H2,1H3. The van der Waals surface area contributed by atoms with Crippen molar-refractivity contribution in [3.8, 4) is 11.8 Å². The molecule has 1 aliphatic rings. The van der Waals surface area contributed by atoms with Gasteiger partial charge >= 0.3 is 0 Å². The Labute approximate surface area is 55.0 Å². The van der Waals surface area contributed by atoms with Gasteiger partial charge in [-0.1, -0.05) is 5.92 Å². The third-order valence-corrected chi connectivity index (χ3v) is 2.44. The molecule has 0 aliphatic carbocycles. The van der Waals surface area contributed by atoms with Gasteiger partial charge in [0.2, 0.25) is 0 Å². The number of thioether (sulfide) groups is 1. The first-order valence-electron chi connectivity index (χ1n) is 2.93. The molecule has 8 heavy (non-hydrogen) atoms. The second kappa shape index (κ2) is 3.04. The van der Waals surface area contributed by atoms with Crippen molar-refractivity contribution in [1.82, 2.24) is 0 Å². The second-order valence-electron chi connectivity index (χ2n) is 1.95. The molecular weight excluding hydrogens is 116 g/mol. The largest absolute Gasteiger partial charge is 0.161 e. The predicted molar refractivity (Wildman–Crippen MR) is 38.9 cm³/mol. The summed E-state index contributed by atoms with van der Waals surface area (Å²) in [5.41, 5.74) is 0. The van der Waals surface area contributed by atoms with E-state index in [1.54, 1.807) is 0 Å². The van der Waals surface area contributed by atoms with Crippen LogP contribution >= 0.6 is 11.8 Å². The minimum atomic E-state index is 0.713. The second-order valence-corrected chi connectivity index (χ2v) is 3.10. The zero-order valence-corrected chi connectivity index (χ0v) is 5.92. The first-order valence-corrected chi connectivity index (χ1v) is 4.09. The van der Waals surface area contributed by atoms with Crippen molar-refractivity contribution >= 4 is 11.8 Å². The molecule has 0 aromatic heterocycles. The van der Waals surface area contributed by atoms with Crippen LogP contribution in [0.1, 0.15) is 13.3 Å². The van der Waals surface area contributed by atoms with Crippen molar-refractivity contribution in [2.24, 2.45) is 5.92 Å². The molecule has 0 aromatic carbocycles. The highest BCUT2D eigenvalue weighted by Crippen LogP contribution is 2.22. The highest BCUT2D eigenvalue weighted by Gasteiger charge is 2.11. The molecule has 44 valence electrons. The predicted octanol–water partition coefficient (Wildman–Crippen LogP) is 1.76. The maximum absolute atomic E-state index is 3.17. The lowest BCUT2D eigenvalue weighted by Crippen LogP contribution is -1.90. The van der Waals surface area contributed by atoms with Gasteiger partial charge in [0.15, 0.2) is 0 Å². The molecule has 0 aromatic rings. The van der Waals surface area contributed by atoms with Crippen LogP contribution in [0.5, 0.6) is 0 Å². The van der Waals surface area contributed by atoms with E-state index in [0.717, 1.165) is 0 Å². The summed E-state index contributed by atoms with van der Waals surface area (Å²) in [6.07, 6.45) is 1.31. The molecule has 1 heteroatoms. The number of hydrogen-bond donors (Lipinski definition) is 0. The van der Waals surface area contributed by atoms with E-state index in [2.05, 4.69) is 11.8 Å². The minimum Gasteiger partial charge on any atom is -0.161 e. The lowest BCUT2D eigenvalue weighted by atomic mass is 10.1. The molecule has 0 nitrogen and oxygen atoms in total. The highest BCUT2D eigenvalue weighted by atomic mass is 32.2. The quantitative estimate of drug-likeness (QED) is 0.446. The molecular formula is C7H10S. The summed E-state index contributed by atoms with van der Waals surface area (Å²) in [7, 11) is 0. The van der Waals surface area contributed by atoms with Crippen LogP contribution in [0.4, 0.5) is 0 Å². The van der Waals surface area contributed by atoms with Crippen molar-refractivity contribution in [3.05, 3.63) is 0 Å². The summed E-state index contributed by atoms with van der Waals surface area (Å²) in [6, 6.07) is 0. The van der Waals surface area contributed by atoms with Crippen LogP contribution in [-0.2, 0) is 0 Å². The van der Waals surface area contributed by atoms with Gasteiger partial charge < -0.3 is 0 Å². The summed E-state index contributed by atoms with van der Waals surface area (Å²) in [6.45, 7) is 1.92. The van der Waals surface area contributed by atoms with Gasteiger partial charge in [0, 0.05) is 11.7 Å². The zero-order valence-electron chi connectivity index (χ0n) is 5.11. The maximum atomic E-state index is 3.17. The molecule has 0 spiro atoms. The lowest BCUT2D eigenvalue weighted by molar-refractivity contribution is 0.775. The van der Waals surface area contributed by atoms with E-state index in [-0.39, 0.29) is 0 Å². The van der Waals surface area contributed by atoms with Gasteiger partial charge in [-0.05, 0) is 19.1 Å². The average Bonchev–Trinajstić information content (AvgIpc) is 2.19. The molecule has 1 aliphatic heterocycles. The first-order chi connectivity index (χ1) is 3.93. The molecule has 0 amide bonds. The smallest absolute Gasteiger partial charge is 0.0301 e. The Morgan fingerprint density at radius 3 is 3.00 bits per heavy atom. The van der Waals surface area contributed by atoms with Gasteiger partial charge in [0.25, 0.3) is 0 Å². The minimum absolute atomic E-state index is 0.713. The fraction of sp³-hybridized carbons (Fsp3) is 0.714. The van der Waals surface area contributed by atoms with Crippen LogP contribution in [0.3, 0.4) is 0 Å². The van der Waals surface area contributed by atoms with Gasteiger partial charge in [-0.15, -0.1) is 5.92 Å². The molecule has 0 radical (unpaired) electrons. The summed E-state index contributed by atoms with van der Waals surface area (Å²) < 4.78 is 0. The van der Waals surface area contributed by atoms with E-state index in [9.17, 15) is 0 Å². The van der Waals surface area contributed by atoms with E-state index < -0.39 is 0 Å². The molecule has 0 saturated carbocycles. The fourth-order valence-corrected chi connectivity index (χ4v) is 2.00. The molecule has 0 N–H and O–H groups in total. The highest BCUT2D eigenvalue weighted by molar-refractivity contribution is 7.99. The van der Waals surface area contributed by atoms with Gasteiger partial charge in [-0.2, -0.15) is 11.8 Å². The van der Waals surface area contributed by atoms with Crippen molar-refractivity contribution in [1.29, 1.82) is 0 Å². The summed E-state index contributed by atoms with van der Waals surface area (Å²) >= 11 is 2.02. The van der Waals surface area contributed by atoms with Crippen LogP contribution in [0.15, 0.2) is 0 Å². The lowest BCUT2D eigenvalue weighted by Gasteiger charge is -1.91. The fourth-order valence-electron chi connectivity index (χ4n) is 0.852. The summed E-state index contributed by atoms with van der Waals surface area (Å²) in [5, 5.41) is 0. The van der Waals surface area contributed by atoms with E-state index in [4.69, 9.17) is 0 Å². The molecule has 1 fully saturated rings. The third-order valence-electron chi connectivity index (χ3n) is 1.28. The maximum Gasteiger partial charge on any atom is 0.0301 e. The first kappa shape index (κ1) is 6.04. The van der Waals surface area contributed by atoms with Crippen LogP contribution in [-0.4, -0.2) is 11.5 Å². The van der Waals surface area contributed by atoms with E-state index in [1.807, 2.05) is 18.7 Å². The Balaban J connectivity index is 2.32. The zero-order chi connectivity index (χ0) is 5.82. The third kappa shape index (κ3) is 1.45. The van der Waals surface area contributed by atoms with Gasteiger partial charge in [0.05, 0.1) is 0 Å². The monoisotopic (exact) mass is 126 g/mol. The topological polar surface area (TPSA) is 0 Å². The Morgan fingerprint density at radius 2 is 2.50 bits per heavy atom. The Hall–Kier alpha value is -0.0900. The molecule has 0 bridgehead atoms. The van der Waals surface area contributed by atoms with Gasteiger partial charge in [-0.25, -0.2) is 0 Å². The van der Waals surface area contributed by atoms with Gasteiger partial charge in [0.1, 0.15) is 0 Å². The van der Waals surface area contributed by atoms with E-state index in [0.29, 0.717) is 5.92 Å². The normalized spacial score (nSPS) is 26.9. The van der Waals surface area contributed by atoms with Crippen molar-refractivity contribution in [3.63, 3.8) is 0 Å². The van der Waals surface area contributed by atoms with Crippen LogP contribution in [0.25, 0.3) is 0 Å². The van der Waals surface area contributed by atoms with E-state index >= 15 is 0 Å². The Bertz CT molecular complexity index is 112. The van der Waals surface area contributed by atoms with Crippen molar-refractivity contribution < 1.29 is 0 Å². The van der Waals surface area contributed by atoms with Crippen LogP contribution < -0.4 is 0 Å². The molecule has 1 heterocycles. The van der Waals surface area contributed by atoms with Crippen LogP contribution in [0.2, 0.25) is 0 Å². The Kier molecular flexibility index (Phi) is 2.29. The molecule has 1 saturated heterocycles. The van der Waals surface area contributed by atoms with Gasteiger partial charge in [-0.3, -0.25) is 0 Å². The number of rotatable bonds is 0.